The fourth-order valence-electron chi connectivity index (χ4n) is 7.87. The number of aliphatic hydroxyl groups is 3. The number of aliphatic hydroxyl groups excluding tert-OH is 1. The Morgan fingerprint density at radius 3 is 2.36 bits per heavy atom. The first-order chi connectivity index (χ1) is 13.2. The first-order valence-corrected chi connectivity index (χ1v) is 11.1. The maximum absolute atomic E-state index is 12.2. The maximum Gasteiger partial charge on any atom is 0.0978 e. The van der Waals surface area contributed by atoms with Crippen LogP contribution in [0.4, 0.5) is 0 Å². The normalized spacial score (nSPS) is 50.3. The van der Waals surface area contributed by atoms with Crippen molar-refractivity contribution >= 4 is 0 Å². The molecule has 7 atom stereocenters. The van der Waals surface area contributed by atoms with Crippen LogP contribution in [-0.4, -0.2) is 27.0 Å². The van der Waals surface area contributed by atoms with Gasteiger partial charge in [-0.3, -0.25) is 0 Å². The molecule has 0 heterocycles. The summed E-state index contributed by atoms with van der Waals surface area (Å²) in [6.45, 7) is 4.51. The van der Waals surface area contributed by atoms with Crippen LogP contribution in [0.5, 0.6) is 0 Å². The van der Waals surface area contributed by atoms with E-state index in [4.69, 9.17) is 0 Å². The van der Waals surface area contributed by atoms with E-state index in [1.165, 1.54) is 5.57 Å². The van der Waals surface area contributed by atoms with Gasteiger partial charge in [0.05, 0.1) is 17.3 Å². The molecular formula is C25H34O3. The van der Waals surface area contributed by atoms with E-state index < -0.39 is 16.6 Å². The molecule has 1 aromatic rings. The van der Waals surface area contributed by atoms with Crippen molar-refractivity contribution in [3.05, 3.63) is 47.5 Å². The van der Waals surface area contributed by atoms with Gasteiger partial charge >= 0.3 is 0 Å². The highest BCUT2D eigenvalue weighted by Gasteiger charge is 2.71. The lowest BCUT2D eigenvalue weighted by Crippen LogP contribution is -2.63. The van der Waals surface area contributed by atoms with Gasteiger partial charge in [0.1, 0.15) is 0 Å². The summed E-state index contributed by atoms with van der Waals surface area (Å²) in [6, 6.07) is 10.0. The molecule has 0 bridgehead atoms. The Morgan fingerprint density at radius 1 is 0.857 bits per heavy atom. The molecule has 0 amide bonds. The number of hydrogen-bond acceptors (Lipinski definition) is 3. The van der Waals surface area contributed by atoms with Crippen LogP contribution in [0.1, 0.15) is 70.8 Å². The first kappa shape index (κ1) is 18.8. The monoisotopic (exact) mass is 382 g/mol. The van der Waals surface area contributed by atoms with Gasteiger partial charge < -0.3 is 15.3 Å². The first-order valence-electron chi connectivity index (χ1n) is 11.1. The van der Waals surface area contributed by atoms with Crippen molar-refractivity contribution in [3.8, 4) is 0 Å². The van der Waals surface area contributed by atoms with Crippen molar-refractivity contribution in [2.45, 2.75) is 82.5 Å². The molecule has 28 heavy (non-hydrogen) atoms. The fourth-order valence-corrected chi connectivity index (χ4v) is 7.87. The van der Waals surface area contributed by atoms with Crippen LogP contribution in [0.3, 0.4) is 0 Å². The van der Waals surface area contributed by atoms with Gasteiger partial charge in [-0.05, 0) is 74.2 Å². The maximum atomic E-state index is 12.2. The van der Waals surface area contributed by atoms with Gasteiger partial charge in [0.25, 0.3) is 0 Å². The van der Waals surface area contributed by atoms with E-state index in [2.05, 4.69) is 19.9 Å². The quantitative estimate of drug-likeness (QED) is 0.634. The van der Waals surface area contributed by atoms with Gasteiger partial charge in [0, 0.05) is 5.41 Å². The van der Waals surface area contributed by atoms with Crippen molar-refractivity contribution in [2.75, 3.05) is 0 Å². The Labute approximate surface area is 168 Å². The smallest absolute Gasteiger partial charge is 0.0978 e. The van der Waals surface area contributed by atoms with E-state index >= 15 is 0 Å². The highest BCUT2D eigenvalue weighted by atomic mass is 16.3. The van der Waals surface area contributed by atoms with Gasteiger partial charge in [-0.1, -0.05) is 55.8 Å². The minimum absolute atomic E-state index is 0.0899. The summed E-state index contributed by atoms with van der Waals surface area (Å²) in [5, 5.41) is 34.2. The van der Waals surface area contributed by atoms with Crippen molar-refractivity contribution in [1.29, 1.82) is 0 Å². The van der Waals surface area contributed by atoms with Crippen LogP contribution < -0.4 is 0 Å². The molecule has 0 aliphatic heterocycles. The Hall–Kier alpha value is -1.16. The minimum atomic E-state index is -0.965. The highest BCUT2D eigenvalue weighted by Crippen LogP contribution is 2.71. The molecule has 0 radical (unpaired) electrons. The van der Waals surface area contributed by atoms with Crippen LogP contribution in [0.2, 0.25) is 0 Å². The molecule has 5 rings (SSSR count). The third-order valence-corrected chi connectivity index (χ3v) is 9.67. The summed E-state index contributed by atoms with van der Waals surface area (Å²) < 4.78 is 0. The zero-order chi connectivity index (χ0) is 19.8. The molecular weight excluding hydrogens is 348 g/mol. The van der Waals surface area contributed by atoms with E-state index in [1.54, 1.807) is 0 Å². The lowest BCUT2D eigenvalue weighted by Gasteiger charge is -2.62. The van der Waals surface area contributed by atoms with E-state index in [1.807, 2.05) is 30.3 Å². The van der Waals surface area contributed by atoms with Crippen molar-refractivity contribution in [1.82, 2.24) is 0 Å². The summed E-state index contributed by atoms with van der Waals surface area (Å²) in [4.78, 5) is 0. The summed E-state index contributed by atoms with van der Waals surface area (Å²) in [5.41, 5.74) is 0.145. The second-order valence-electron chi connectivity index (χ2n) is 10.5. The van der Waals surface area contributed by atoms with Gasteiger partial charge in [-0.2, -0.15) is 0 Å². The fraction of sp³-hybridized carbons (Fsp3) is 0.680. The second kappa shape index (κ2) is 5.93. The Kier molecular flexibility index (Phi) is 3.99. The van der Waals surface area contributed by atoms with Gasteiger partial charge in [-0.25, -0.2) is 0 Å². The average Bonchev–Trinajstić information content (AvgIpc) is 2.91. The highest BCUT2D eigenvalue weighted by molar-refractivity contribution is 5.34. The molecule has 0 aromatic heterocycles. The van der Waals surface area contributed by atoms with E-state index in [0.717, 1.165) is 44.1 Å². The van der Waals surface area contributed by atoms with Gasteiger partial charge in [0.15, 0.2) is 0 Å². The molecule has 1 aromatic carbocycles. The molecule has 3 saturated carbocycles. The van der Waals surface area contributed by atoms with Gasteiger partial charge in [0.2, 0.25) is 0 Å². The lowest BCUT2D eigenvalue weighted by atomic mass is 9.44. The Morgan fingerprint density at radius 2 is 1.61 bits per heavy atom. The van der Waals surface area contributed by atoms with Crippen LogP contribution in [0.15, 0.2) is 42.0 Å². The van der Waals surface area contributed by atoms with E-state index in [9.17, 15) is 15.3 Å². The van der Waals surface area contributed by atoms with Crippen LogP contribution in [0.25, 0.3) is 0 Å². The molecule has 4 aliphatic rings. The molecule has 4 aliphatic carbocycles. The third kappa shape index (κ3) is 2.16. The summed E-state index contributed by atoms with van der Waals surface area (Å²) in [6.07, 6.45) is 8.78. The summed E-state index contributed by atoms with van der Waals surface area (Å²) >= 11 is 0. The average molecular weight is 383 g/mol. The second-order valence-corrected chi connectivity index (χ2v) is 10.5. The number of rotatable bonds is 1. The number of benzene rings is 1. The molecule has 0 spiro atoms. The topological polar surface area (TPSA) is 60.7 Å². The van der Waals surface area contributed by atoms with Crippen LogP contribution in [-0.2, 0) is 5.60 Å². The minimum Gasteiger partial charge on any atom is -0.389 e. The van der Waals surface area contributed by atoms with Crippen LogP contribution in [0, 0.1) is 22.7 Å². The molecule has 3 nitrogen and oxygen atoms in total. The number of allylic oxidation sites excluding steroid dienone is 1. The number of fused-ring (bicyclic) bond motifs is 5. The largest absolute Gasteiger partial charge is 0.389 e. The SMILES string of the molecule is C[C@]12CCC(O)C=C1CC[C@@H]1[C@H]2CC[C@]2(C)C(O)(c3ccccc3)CC[C@@]12O. The lowest BCUT2D eigenvalue weighted by molar-refractivity contribution is -0.221. The van der Waals surface area contributed by atoms with Crippen molar-refractivity contribution in [2.24, 2.45) is 22.7 Å². The zero-order valence-corrected chi connectivity index (χ0v) is 17.2. The standard InChI is InChI=1S/C25H34O3/c1-22-12-10-19(26)16-18(22)8-9-21-20(22)11-13-23(2)24(27,14-15-25(21,23)28)17-6-4-3-5-7-17/h3-7,16,19-21,26-28H,8-15H2,1-2H3/t19?,20-,21-,22+,23-,24?,25-/m1/s1. The Bertz CT molecular complexity index is 803. The summed E-state index contributed by atoms with van der Waals surface area (Å²) in [7, 11) is 0. The van der Waals surface area contributed by atoms with Crippen molar-refractivity contribution in [3.63, 3.8) is 0 Å². The summed E-state index contributed by atoms with van der Waals surface area (Å²) in [5.74, 6) is 0.664. The van der Waals surface area contributed by atoms with E-state index in [0.29, 0.717) is 18.8 Å². The van der Waals surface area contributed by atoms with Crippen LogP contribution >= 0.6 is 0 Å². The Balaban J connectivity index is 1.55. The predicted molar refractivity (Wildman–Crippen MR) is 110 cm³/mol. The predicted octanol–water partition coefficient (Wildman–Crippen LogP) is 4.31. The van der Waals surface area contributed by atoms with Gasteiger partial charge in [-0.15, -0.1) is 0 Å². The van der Waals surface area contributed by atoms with E-state index in [-0.39, 0.29) is 17.4 Å². The third-order valence-electron chi connectivity index (χ3n) is 9.67. The van der Waals surface area contributed by atoms with Crippen molar-refractivity contribution < 1.29 is 15.3 Å². The molecule has 3 N–H and O–H groups in total. The molecule has 152 valence electrons. The molecule has 3 heteroatoms. The number of hydrogen-bond donors (Lipinski definition) is 3. The molecule has 0 saturated heterocycles. The zero-order valence-electron chi connectivity index (χ0n) is 17.2. The molecule has 3 fully saturated rings. The molecule has 2 unspecified atom stereocenters.